The van der Waals surface area contributed by atoms with Crippen LogP contribution in [0.4, 0.5) is 34.1 Å². The molecule has 53 heavy (non-hydrogen) atoms. The molecule has 0 saturated carbocycles. The van der Waals surface area contributed by atoms with Crippen molar-refractivity contribution >= 4 is 34.1 Å². The highest BCUT2D eigenvalue weighted by atomic mass is 15.2. The second-order valence-corrected chi connectivity index (χ2v) is 13.9. The Kier molecular flexibility index (Phi) is 8.13. The van der Waals surface area contributed by atoms with Crippen LogP contribution >= 0.6 is 0 Å². The summed E-state index contributed by atoms with van der Waals surface area (Å²) < 4.78 is 0. The monoisotopic (exact) mass is 682 g/mol. The van der Waals surface area contributed by atoms with E-state index in [1.54, 1.807) is 12.4 Å². The summed E-state index contributed by atoms with van der Waals surface area (Å²) in [5.41, 5.74) is 15.5. The molecule has 4 heteroatoms. The summed E-state index contributed by atoms with van der Waals surface area (Å²) in [5.74, 6) is 0. The van der Waals surface area contributed by atoms with Gasteiger partial charge in [-0.1, -0.05) is 123 Å². The highest BCUT2D eigenvalue weighted by molar-refractivity contribution is 5.87. The van der Waals surface area contributed by atoms with Crippen molar-refractivity contribution in [3.8, 4) is 33.6 Å². The number of aromatic nitrogens is 2. The van der Waals surface area contributed by atoms with Crippen LogP contribution in [0.3, 0.4) is 0 Å². The first-order chi connectivity index (χ1) is 26.1. The van der Waals surface area contributed by atoms with E-state index in [0.29, 0.717) is 0 Å². The molecule has 0 amide bonds. The van der Waals surface area contributed by atoms with E-state index in [-0.39, 0.29) is 5.41 Å². The number of nitrogens with zero attached hydrogens (tertiary/aromatic N) is 4. The molecule has 0 spiro atoms. The van der Waals surface area contributed by atoms with E-state index < -0.39 is 0 Å². The molecule has 4 nitrogen and oxygen atoms in total. The number of hydrogen-bond acceptors (Lipinski definition) is 4. The summed E-state index contributed by atoms with van der Waals surface area (Å²) in [6.07, 6.45) is 3.53. The van der Waals surface area contributed by atoms with E-state index in [1.807, 2.05) is 18.2 Å². The molecule has 0 bridgehead atoms. The van der Waals surface area contributed by atoms with E-state index in [4.69, 9.17) is 9.97 Å². The van der Waals surface area contributed by atoms with Crippen molar-refractivity contribution in [2.75, 3.05) is 9.80 Å². The van der Waals surface area contributed by atoms with Gasteiger partial charge in [0, 0.05) is 63.1 Å². The molecule has 1 aromatic heterocycles. The lowest BCUT2D eigenvalue weighted by molar-refractivity contribution is 0.660. The summed E-state index contributed by atoms with van der Waals surface area (Å²) in [6, 6.07) is 64.7. The van der Waals surface area contributed by atoms with Crippen molar-refractivity contribution in [2.24, 2.45) is 0 Å². The topological polar surface area (TPSA) is 32.3 Å². The lowest BCUT2D eigenvalue weighted by atomic mass is 9.82. The van der Waals surface area contributed by atoms with Gasteiger partial charge < -0.3 is 9.80 Å². The van der Waals surface area contributed by atoms with Gasteiger partial charge >= 0.3 is 0 Å². The van der Waals surface area contributed by atoms with Gasteiger partial charge in [-0.15, -0.1) is 0 Å². The normalized spacial score (nSPS) is 12.5. The highest BCUT2D eigenvalue weighted by Gasteiger charge is 2.35. The van der Waals surface area contributed by atoms with Crippen molar-refractivity contribution in [1.82, 2.24) is 9.97 Å². The van der Waals surface area contributed by atoms with E-state index in [9.17, 15) is 0 Å². The molecule has 0 aliphatic heterocycles. The number of hydrogen-bond donors (Lipinski definition) is 0. The minimum atomic E-state index is -0.118. The van der Waals surface area contributed by atoms with Crippen LogP contribution in [-0.2, 0) is 5.41 Å². The maximum Gasteiger partial charge on any atom is 0.0965 e. The summed E-state index contributed by atoms with van der Waals surface area (Å²) >= 11 is 0. The molecule has 0 unspecified atom stereocenters. The molecule has 8 aromatic rings. The zero-order valence-corrected chi connectivity index (χ0v) is 29.8. The van der Waals surface area contributed by atoms with E-state index in [2.05, 4.69) is 187 Å². The Morgan fingerprint density at radius 3 is 1.32 bits per heavy atom. The number of anilines is 6. The van der Waals surface area contributed by atoms with Crippen molar-refractivity contribution in [2.45, 2.75) is 19.3 Å². The zero-order chi connectivity index (χ0) is 35.8. The molecular formula is C49H38N4. The van der Waals surface area contributed by atoms with Gasteiger partial charge in [-0.3, -0.25) is 9.97 Å². The molecule has 0 saturated heterocycles. The molecule has 0 N–H and O–H groups in total. The molecule has 7 aromatic carbocycles. The number of fused-ring (bicyclic) bond motifs is 3. The maximum atomic E-state index is 4.79. The average Bonchev–Trinajstić information content (AvgIpc) is 3.45. The zero-order valence-electron chi connectivity index (χ0n) is 29.8. The predicted octanol–water partition coefficient (Wildman–Crippen LogP) is 13.1. The Hall–Kier alpha value is -6.78. The minimum absolute atomic E-state index is 0.118. The molecular weight excluding hydrogens is 645 g/mol. The van der Waals surface area contributed by atoms with Crippen molar-refractivity contribution in [1.29, 1.82) is 0 Å². The highest BCUT2D eigenvalue weighted by Crippen LogP contribution is 2.51. The summed E-state index contributed by atoms with van der Waals surface area (Å²) in [6.45, 7) is 4.67. The minimum Gasteiger partial charge on any atom is -0.311 e. The van der Waals surface area contributed by atoms with Gasteiger partial charge in [0.05, 0.1) is 11.4 Å². The van der Waals surface area contributed by atoms with Gasteiger partial charge in [-0.25, -0.2) is 0 Å². The molecule has 0 atom stereocenters. The molecule has 0 radical (unpaired) electrons. The Balaban J connectivity index is 1.15. The summed E-state index contributed by atoms with van der Waals surface area (Å²) in [7, 11) is 0. The first-order valence-electron chi connectivity index (χ1n) is 18.1. The SMILES string of the molecule is CC1(C)c2ccccc2-c2ccc(N(c3ccc(-c4nccnc4-c4ccccc4)cc3)c3ccc(N(c4ccccc4)c4ccccc4)cc3)cc21. The van der Waals surface area contributed by atoms with Gasteiger partial charge in [0.1, 0.15) is 0 Å². The van der Waals surface area contributed by atoms with Crippen LogP contribution in [0.2, 0.25) is 0 Å². The number of rotatable bonds is 8. The Bertz CT molecular complexity index is 2470. The second kappa shape index (κ2) is 13.4. The third kappa shape index (κ3) is 5.84. The van der Waals surface area contributed by atoms with Crippen LogP contribution in [0.1, 0.15) is 25.0 Å². The first-order valence-corrected chi connectivity index (χ1v) is 18.1. The van der Waals surface area contributed by atoms with Crippen LogP contribution in [0.15, 0.2) is 194 Å². The standard InChI is InChI=1S/C49H38N4/c1-49(2)45-21-13-12-20-43(45)44-31-30-42(34-46(44)49)53(39-24-22-36(23-25-39)48-47(50-32-33-51-48)35-14-6-3-7-15-35)41-28-26-40(27-29-41)52(37-16-8-4-9-17-37)38-18-10-5-11-19-38/h3-34H,1-2H3. The van der Waals surface area contributed by atoms with Crippen LogP contribution < -0.4 is 9.80 Å². The number of para-hydroxylation sites is 2. The molecule has 0 fully saturated rings. The molecule has 254 valence electrons. The quantitative estimate of drug-likeness (QED) is 0.160. The fourth-order valence-electron chi connectivity index (χ4n) is 7.76. The fourth-order valence-corrected chi connectivity index (χ4v) is 7.76. The lowest BCUT2D eigenvalue weighted by Gasteiger charge is -2.29. The summed E-state index contributed by atoms with van der Waals surface area (Å²) in [4.78, 5) is 14.2. The van der Waals surface area contributed by atoms with Crippen LogP contribution in [0, 0.1) is 0 Å². The molecule has 1 aliphatic rings. The van der Waals surface area contributed by atoms with E-state index in [1.165, 1.54) is 22.3 Å². The van der Waals surface area contributed by atoms with Crippen molar-refractivity contribution in [3.63, 3.8) is 0 Å². The fraction of sp³-hybridized carbons (Fsp3) is 0.0612. The molecule has 1 aliphatic carbocycles. The van der Waals surface area contributed by atoms with Gasteiger partial charge in [0.25, 0.3) is 0 Å². The van der Waals surface area contributed by atoms with Gasteiger partial charge in [0.2, 0.25) is 0 Å². The van der Waals surface area contributed by atoms with Gasteiger partial charge in [-0.05, 0) is 95.1 Å². The van der Waals surface area contributed by atoms with E-state index in [0.717, 1.165) is 56.6 Å². The lowest BCUT2D eigenvalue weighted by Crippen LogP contribution is -2.16. The predicted molar refractivity (Wildman–Crippen MR) is 220 cm³/mol. The third-order valence-electron chi connectivity index (χ3n) is 10.4. The number of benzene rings is 7. The van der Waals surface area contributed by atoms with Crippen LogP contribution in [-0.4, -0.2) is 9.97 Å². The van der Waals surface area contributed by atoms with Gasteiger partial charge in [-0.2, -0.15) is 0 Å². The Labute approximate surface area is 311 Å². The Morgan fingerprint density at radius 1 is 0.358 bits per heavy atom. The van der Waals surface area contributed by atoms with Gasteiger partial charge in [0.15, 0.2) is 0 Å². The largest absolute Gasteiger partial charge is 0.311 e. The van der Waals surface area contributed by atoms with Crippen LogP contribution in [0.25, 0.3) is 33.6 Å². The smallest absolute Gasteiger partial charge is 0.0965 e. The first kappa shape index (κ1) is 32.1. The third-order valence-corrected chi connectivity index (χ3v) is 10.4. The second-order valence-electron chi connectivity index (χ2n) is 13.9. The Morgan fingerprint density at radius 2 is 0.755 bits per heavy atom. The van der Waals surface area contributed by atoms with Crippen molar-refractivity contribution in [3.05, 3.63) is 206 Å². The van der Waals surface area contributed by atoms with E-state index >= 15 is 0 Å². The average molecular weight is 683 g/mol. The van der Waals surface area contributed by atoms with Crippen molar-refractivity contribution < 1.29 is 0 Å². The molecule has 9 rings (SSSR count). The maximum absolute atomic E-state index is 4.79. The summed E-state index contributed by atoms with van der Waals surface area (Å²) in [5, 5.41) is 0. The van der Waals surface area contributed by atoms with Crippen LogP contribution in [0.5, 0.6) is 0 Å². The molecule has 1 heterocycles.